The van der Waals surface area contributed by atoms with E-state index in [-0.39, 0.29) is 47.5 Å². The van der Waals surface area contributed by atoms with Gasteiger partial charge in [0.15, 0.2) is 17.5 Å². The molecule has 0 aromatic heterocycles. The minimum absolute atomic E-state index is 0. The second-order valence-electron chi connectivity index (χ2n) is 7.87. The van der Waals surface area contributed by atoms with Gasteiger partial charge in [-0.1, -0.05) is 25.3 Å². The van der Waals surface area contributed by atoms with E-state index >= 15 is 0 Å². The smallest absolute Gasteiger partial charge is 0.225 e. The molecule has 1 heterocycles. The number of nitrogens with zero attached hydrogens (tertiary/aromatic N) is 2. The van der Waals surface area contributed by atoms with Gasteiger partial charge in [0.25, 0.3) is 0 Å². The monoisotopic (exact) mass is 532 g/mol. The number of guanidine groups is 1. The third-order valence-corrected chi connectivity index (χ3v) is 5.77. The lowest BCUT2D eigenvalue weighted by Gasteiger charge is -2.26. The quantitative estimate of drug-likeness (QED) is 0.334. The van der Waals surface area contributed by atoms with Gasteiger partial charge in [0.2, 0.25) is 5.91 Å². The zero-order valence-corrected chi connectivity index (χ0v) is 20.3. The summed E-state index contributed by atoms with van der Waals surface area (Å²) in [6.45, 7) is 4.24. The summed E-state index contributed by atoms with van der Waals surface area (Å²) >= 11 is 0. The van der Waals surface area contributed by atoms with Crippen LogP contribution in [0.1, 0.15) is 51.0 Å². The molecule has 1 unspecified atom stereocenters. The summed E-state index contributed by atoms with van der Waals surface area (Å²) in [7, 11) is 1.72. The van der Waals surface area contributed by atoms with Crippen LogP contribution in [0, 0.1) is 11.7 Å². The van der Waals surface area contributed by atoms with Gasteiger partial charge in [-0.05, 0) is 43.9 Å². The molecule has 6 nitrogen and oxygen atoms in total. The van der Waals surface area contributed by atoms with Gasteiger partial charge >= 0.3 is 0 Å². The number of amides is 1. The first-order chi connectivity index (χ1) is 14.1. The number of carbonyl (C=O) groups excluding carboxylic acids is 1. The number of likely N-dealkylation sites (tertiary alicyclic amines) is 1. The number of ether oxygens (including phenoxy) is 1. The lowest BCUT2D eigenvalue weighted by Crippen LogP contribution is -2.45. The molecule has 1 amide bonds. The van der Waals surface area contributed by atoms with Crippen molar-refractivity contribution in [3.8, 4) is 5.75 Å². The molecule has 1 saturated carbocycles. The Morgan fingerprint density at radius 3 is 2.70 bits per heavy atom. The maximum atomic E-state index is 14.0. The van der Waals surface area contributed by atoms with Crippen LogP contribution in [0.25, 0.3) is 0 Å². The van der Waals surface area contributed by atoms with E-state index in [2.05, 4.69) is 15.6 Å². The van der Waals surface area contributed by atoms with Crippen LogP contribution in [-0.2, 0) is 11.3 Å². The minimum atomic E-state index is -0.359. The normalized spacial score (nSPS) is 19.9. The Bertz CT molecular complexity index is 725. The van der Waals surface area contributed by atoms with Crippen molar-refractivity contribution in [2.24, 2.45) is 10.9 Å². The Balaban J connectivity index is 0.00000320. The summed E-state index contributed by atoms with van der Waals surface area (Å²) in [5.41, 5.74) is 0.814. The molecular weight excluding hydrogens is 498 g/mol. The molecule has 2 N–H and O–H groups in total. The summed E-state index contributed by atoms with van der Waals surface area (Å²) in [6.07, 6.45) is 6.60. The van der Waals surface area contributed by atoms with E-state index in [1.807, 2.05) is 17.9 Å². The second kappa shape index (κ2) is 12.3. The average molecular weight is 532 g/mol. The topological polar surface area (TPSA) is 66.0 Å². The molecule has 2 aliphatic rings. The maximum Gasteiger partial charge on any atom is 0.225 e. The molecule has 1 aromatic carbocycles. The van der Waals surface area contributed by atoms with Crippen molar-refractivity contribution in [1.29, 1.82) is 0 Å². The van der Waals surface area contributed by atoms with Crippen molar-refractivity contribution in [2.45, 2.75) is 58.0 Å². The molecule has 0 spiro atoms. The molecule has 0 bridgehead atoms. The fourth-order valence-electron chi connectivity index (χ4n) is 4.19. The van der Waals surface area contributed by atoms with Gasteiger partial charge in [-0.25, -0.2) is 4.39 Å². The number of halogens is 2. The van der Waals surface area contributed by atoms with E-state index in [0.29, 0.717) is 31.6 Å². The van der Waals surface area contributed by atoms with Crippen LogP contribution in [0.5, 0.6) is 5.75 Å². The Hall–Kier alpha value is -1.58. The van der Waals surface area contributed by atoms with Crippen molar-refractivity contribution < 1.29 is 13.9 Å². The van der Waals surface area contributed by atoms with Crippen molar-refractivity contribution in [2.75, 3.05) is 26.7 Å². The van der Waals surface area contributed by atoms with Gasteiger partial charge in [-0.2, -0.15) is 0 Å². The number of rotatable bonds is 6. The first-order valence-corrected chi connectivity index (χ1v) is 10.8. The first kappa shape index (κ1) is 24.7. The summed E-state index contributed by atoms with van der Waals surface area (Å²) in [5.74, 6) is 1.11. The van der Waals surface area contributed by atoms with E-state index in [1.165, 1.54) is 25.3 Å². The second-order valence-corrected chi connectivity index (χ2v) is 7.87. The molecule has 1 saturated heterocycles. The molecule has 168 valence electrons. The maximum absolute atomic E-state index is 14.0. The van der Waals surface area contributed by atoms with E-state index in [9.17, 15) is 9.18 Å². The number of hydrogen-bond donors (Lipinski definition) is 2. The molecule has 1 atom stereocenters. The van der Waals surface area contributed by atoms with Gasteiger partial charge in [0.05, 0.1) is 6.61 Å². The van der Waals surface area contributed by atoms with Crippen molar-refractivity contribution >= 4 is 35.8 Å². The van der Waals surface area contributed by atoms with Crippen molar-refractivity contribution in [3.63, 3.8) is 0 Å². The lowest BCUT2D eigenvalue weighted by atomic mass is 9.88. The fourth-order valence-corrected chi connectivity index (χ4v) is 4.19. The van der Waals surface area contributed by atoms with Gasteiger partial charge < -0.3 is 20.3 Å². The third kappa shape index (κ3) is 6.72. The van der Waals surface area contributed by atoms with Crippen LogP contribution in [0.4, 0.5) is 4.39 Å². The Morgan fingerprint density at radius 2 is 2.03 bits per heavy atom. The fraction of sp³-hybridized carbons (Fsp3) is 0.636. The van der Waals surface area contributed by atoms with Crippen LogP contribution in [-0.4, -0.2) is 49.6 Å². The number of benzene rings is 1. The number of carbonyl (C=O) groups is 1. The molecular formula is C22H34FIN4O2. The van der Waals surface area contributed by atoms with Gasteiger partial charge in [0, 0.05) is 38.6 Å². The standard InChI is InChI=1S/C22H33FN4O2.HI/c1-3-29-20-10-9-16(13-19(20)23)14-25-22(24-2)26-18-11-12-27(15-18)21(28)17-7-5-4-6-8-17;/h9-10,13,17-18H,3-8,11-12,14-15H2,1-2H3,(H2,24,25,26);1H. The predicted octanol–water partition coefficient (Wildman–Crippen LogP) is 3.69. The number of hydrogen-bond acceptors (Lipinski definition) is 3. The average Bonchev–Trinajstić information content (AvgIpc) is 3.21. The van der Waals surface area contributed by atoms with E-state index in [0.717, 1.165) is 31.4 Å². The molecule has 1 aliphatic carbocycles. The van der Waals surface area contributed by atoms with Crippen LogP contribution in [0.15, 0.2) is 23.2 Å². The summed E-state index contributed by atoms with van der Waals surface area (Å²) in [4.78, 5) is 19.0. The molecule has 30 heavy (non-hydrogen) atoms. The molecule has 1 aliphatic heterocycles. The van der Waals surface area contributed by atoms with Crippen LogP contribution in [0.2, 0.25) is 0 Å². The largest absolute Gasteiger partial charge is 0.491 e. The number of nitrogens with one attached hydrogen (secondary N) is 2. The van der Waals surface area contributed by atoms with Crippen LogP contribution in [0.3, 0.4) is 0 Å². The summed E-state index contributed by atoms with van der Waals surface area (Å²) < 4.78 is 19.2. The minimum Gasteiger partial charge on any atom is -0.491 e. The van der Waals surface area contributed by atoms with E-state index < -0.39 is 0 Å². The van der Waals surface area contributed by atoms with Gasteiger partial charge in [-0.3, -0.25) is 9.79 Å². The number of aliphatic imine (C=N–C) groups is 1. The van der Waals surface area contributed by atoms with Crippen LogP contribution >= 0.6 is 24.0 Å². The van der Waals surface area contributed by atoms with E-state index in [4.69, 9.17) is 4.74 Å². The highest BCUT2D eigenvalue weighted by Crippen LogP contribution is 2.26. The highest BCUT2D eigenvalue weighted by Gasteiger charge is 2.31. The Morgan fingerprint density at radius 1 is 1.27 bits per heavy atom. The summed E-state index contributed by atoms with van der Waals surface area (Å²) in [5, 5.41) is 6.62. The van der Waals surface area contributed by atoms with Gasteiger partial charge in [0.1, 0.15) is 0 Å². The SMILES string of the molecule is CCOc1ccc(CNC(=NC)NC2CCN(C(=O)C3CCCCC3)C2)cc1F.I. The van der Waals surface area contributed by atoms with Crippen molar-refractivity contribution in [3.05, 3.63) is 29.6 Å². The lowest BCUT2D eigenvalue weighted by molar-refractivity contribution is -0.135. The first-order valence-electron chi connectivity index (χ1n) is 10.8. The predicted molar refractivity (Wildman–Crippen MR) is 128 cm³/mol. The molecule has 8 heteroatoms. The highest BCUT2D eigenvalue weighted by atomic mass is 127. The molecule has 3 rings (SSSR count). The highest BCUT2D eigenvalue weighted by molar-refractivity contribution is 14.0. The zero-order chi connectivity index (χ0) is 20.6. The van der Waals surface area contributed by atoms with E-state index in [1.54, 1.807) is 13.1 Å². The van der Waals surface area contributed by atoms with Gasteiger partial charge in [-0.15, -0.1) is 24.0 Å². The Kier molecular flexibility index (Phi) is 10.1. The van der Waals surface area contributed by atoms with Crippen molar-refractivity contribution in [1.82, 2.24) is 15.5 Å². The molecule has 1 aromatic rings. The van der Waals surface area contributed by atoms with Crippen LogP contribution < -0.4 is 15.4 Å². The molecule has 2 fully saturated rings. The zero-order valence-electron chi connectivity index (χ0n) is 18.0. The summed E-state index contributed by atoms with van der Waals surface area (Å²) in [6, 6.07) is 5.16. The molecule has 0 radical (unpaired) electrons. The third-order valence-electron chi connectivity index (χ3n) is 5.77. The Labute approximate surface area is 196 Å².